The third-order valence-corrected chi connectivity index (χ3v) is 5.80. The van der Waals surface area contributed by atoms with E-state index in [1.54, 1.807) is 30.9 Å². The second-order valence-corrected chi connectivity index (χ2v) is 7.20. The lowest BCUT2D eigenvalue weighted by Gasteiger charge is -2.26. The zero-order chi connectivity index (χ0) is 18.7. The maximum atomic E-state index is 12.9. The van der Waals surface area contributed by atoms with Crippen molar-refractivity contribution in [2.45, 2.75) is 26.1 Å². The molecule has 0 amide bonds. The lowest BCUT2D eigenvalue weighted by molar-refractivity contribution is -0.113. The number of hydrogen-bond donors (Lipinski definition) is 1. The number of ketones is 1. The molecule has 3 heterocycles. The first-order valence-electron chi connectivity index (χ1n) is 8.46. The number of nitrogens with zero attached hydrogens (tertiary/aromatic N) is 3. The molecular formula is C19H21FN4OS. The number of likely N-dealkylation sites (N-methyl/N-ethyl adjacent to an activating group) is 1. The quantitative estimate of drug-likeness (QED) is 0.776. The molecule has 1 aliphatic rings. The topological polar surface area (TPSA) is 58.1 Å². The largest absolute Gasteiger partial charge is 0.381 e. The molecule has 0 saturated heterocycles. The van der Waals surface area contributed by atoms with Gasteiger partial charge in [-0.05, 0) is 45.0 Å². The summed E-state index contributed by atoms with van der Waals surface area (Å²) in [4.78, 5) is 22.9. The summed E-state index contributed by atoms with van der Waals surface area (Å²) in [6.07, 6.45) is 3.22. The Kier molecular flexibility index (Phi) is 5.56. The molecule has 1 aliphatic heterocycles. The summed E-state index contributed by atoms with van der Waals surface area (Å²) in [7, 11) is 0. The molecule has 1 unspecified atom stereocenters. The van der Waals surface area contributed by atoms with Gasteiger partial charge in [-0.3, -0.25) is 9.78 Å². The minimum absolute atomic E-state index is 0.118. The van der Waals surface area contributed by atoms with Gasteiger partial charge in [-0.2, -0.15) is 4.39 Å². The van der Waals surface area contributed by atoms with Crippen LogP contribution < -0.4 is 5.32 Å². The van der Waals surface area contributed by atoms with E-state index in [0.717, 1.165) is 34.1 Å². The molecule has 2 aromatic heterocycles. The summed E-state index contributed by atoms with van der Waals surface area (Å²) in [6, 6.07) is 6.79. The molecule has 7 heteroatoms. The third-order valence-electron chi connectivity index (χ3n) is 4.29. The average Bonchev–Trinajstić information content (AvgIpc) is 2.97. The first-order valence-corrected chi connectivity index (χ1v) is 9.34. The highest BCUT2D eigenvalue weighted by Gasteiger charge is 2.30. The van der Waals surface area contributed by atoms with Crippen molar-refractivity contribution in [3.05, 3.63) is 53.2 Å². The number of anilines is 1. The van der Waals surface area contributed by atoms with Gasteiger partial charge in [0, 0.05) is 30.5 Å². The second kappa shape index (κ2) is 7.86. The van der Waals surface area contributed by atoms with Crippen LogP contribution in [-0.4, -0.2) is 39.1 Å². The van der Waals surface area contributed by atoms with Gasteiger partial charge in [-0.25, -0.2) is 4.98 Å². The smallest absolute Gasteiger partial charge is 0.212 e. The van der Waals surface area contributed by atoms with E-state index in [-0.39, 0.29) is 11.2 Å². The Hall–Kier alpha value is -2.41. The average molecular weight is 372 g/mol. The van der Waals surface area contributed by atoms with E-state index in [1.807, 2.05) is 19.1 Å². The van der Waals surface area contributed by atoms with Crippen LogP contribution in [0.15, 0.2) is 47.3 Å². The van der Waals surface area contributed by atoms with Crippen molar-refractivity contribution in [2.24, 2.45) is 0 Å². The van der Waals surface area contributed by atoms with Crippen LogP contribution >= 0.6 is 11.8 Å². The summed E-state index contributed by atoms with van der Waals surface area (Å²) < 4.78 is 12.9. The molecule has 0 spiro atoms. The second-order valence-electron chi connectivity index (χ2n) is 6.01. The molecule has 1 atom stereocenters. The SMILES string of the molecule is CCN1C(C)=C(C(C)=O)SC1CNc1ccc(-c2ccc(F)nc2)nc1. The first-order chi connectivity index (χ1) is 12.5. The summed E-state index contributed by atoms with van der Waals surface area (Å²) in [6.45, 7) is 7.26. The highest BCUT2D eigenvalue weighted by Crippen LogP contribution is 2.38. The van der Waals surface area contributed by atoms with E-state index in [9.17, 15) is 9.18 Å². The van der Waals surface area contributed by atoms with Crippen LogP contribution in [-0.2, 0) is 4.79 Å². The van der Waals surface area contributed by atoms with Gasteiger partial charge in [-0.1, -0.05) is 11.8 Å². The minimum Gasteiger partial charge on any atom is -0.381 e. The van der Waals surface area contributed by atoms with Crippen molar-refractivity contribution in [2.75, 3.05) is 18.4 Å². The maximum Gasteiger partial charge on any atom is 0.212 e. The summed E-state index contributed by atoms with van der Waals surface area (Å²) in [5.41, 5.74) is 3.46. The number of pyridine rings is 2. The number of hydrogen-bond acceptors (Lipinski definition) is 6. The van der Waals surface area contributed by atoms with Gasteiger partial charge in [0.05, 0.1) is 27.9 Å². The van der Waals surface area contributed by atoms with Crippen molar-refractivity contribution in [3.8, 4) is 11.3 Å². The number of carbonyl (C=O) groups excluding carboxylic acids is 1. The van der Waals surface area contributed by atoms with Crippen molar-refractivity contribution >= 4 is 23.2 Å². The Morgan fingerprint density at radius 2 is 2.08 bits per heavy atom. The zero-order valence-electron chi connectivity index (χ0n) is 15.0. The van der Waals surface area contributed by atoms with Gasteiger partial charge < -0.3 is 10.2 Å². The standard InChI is InChI=1S/C19H21FN4OS/c1-4-24-12(2)19(13(3)25)26-18(24)11-21-15-6-7-16(22-10-15)14-5-8-17(20)23-9-14/h5-10,18,21H,4,11H2,1-3H3. The number of rotatable bonds is 6. The molecule has 0 bridgehead atoms. The molecule has 26 heavy (non-hydrogen) atoms. The number of aromatic nitrogens is 2. The van der Waals surface area contributed by atoms with E-state index in [1.165, 1.54) is 12.3 Å². The summed E-state index contributed by atoms with van der Waals surface area (Å²) in [5.74, 6) is -0.386. The minimum atomic E-state index is -0.504. The normalized spacial score (nSPS) is 16.9. The van der Waals surface area contributed by atoms with Crippen LogP contribution in [0.5, 0.6) is 0 Å². The molecular weight excluding hydrogens is 351 g/mol. The lowest BCUT2D eigenvalue weighted by atomic mass is 10.2. The monoisotopic (exact) mass is 372 g/mol. The Balaban J connectivity index is 1.63. The summed E-state index contributed by atoms with van der Waals surface area (Å²) >= 11 is 1.61. The number of allylic oxidation sites excluding steroid dienone is 2. The molecule has 3 rings (SSSR count). The van der Waals surface area contributed by atoms with E-state index < -0.39 is 5.95 Å². The third kappa shape index (κ3) is 3.88. The van der Waals surface area contributed by atoms with Gasteiger partial charge in [0.2, 0.25) is 5.95 Å². The molecule has 2 aromatic rings. The van der Waals surface area contributed by atoms with Gasteiger partial charge in [0.1, 0.15) is 0 Å². The molecule has 0 aliphatic carbocycles. The summed E-state index contributed by atoms with van der Waals surface area (Å²) in [5, 5.41) is 3.56. The van der Waals surface area contributed by atoms with Gasteiger partial charge in [-0.15, -0.1) is 0 Å². The first kappa shape index (κ1) is 18.4. The Labute approximate surface area is 156 Å². The number of carbonyl (C=O) groups is 1. The van der Waals surface area contributed by atoms with E-state index in [0.29, 0.717) is 6.54 Å². The number of nitrogens with one attached hydrogen (secondary N) is 1. The maximum absolute atomic E-state index is 12.9. The fraction of sp³-hybridized carbons (Fsp3) is 0.316. The fourth-order valence-corrected chi connectivity index (χ4v) is 4.29. The molecule has 0 fully saturated rings. The number of halogens is 1. The van der Waals surface area contributed by atoms with Gasteiger partial charge >= 0.3 is 0 Å². The highest BCUT2D eigenvalue weighted by molar-refractivity contribution is 8.04. The van der Waals surface area contributed by atoms with Crippen LogP contribution in [0.25, 0.3) is 11.3 Å². The van der Waals surface area contributed by atoms with Crippen molar-refractivity contribution in [1.82, 2.24) is 14.9 Å². The predicted octanol–water partition coefficient (Wildman–Crippen LogP) is 3.91. The van der Waals surface area contributed by atoms with Crippen LogP contribution in [0.4, 0.5) is 10.1 Å². The van der Waals surface area contributed by atoms with Crippen LogP contribution in [0.1, 0.15) is 20.8 Å². The van der Waals surface area contributed by atoms with E-state index >= 15 is 0 Å². The molecule has 1 N–H and O–H groups in total. The number of thioether (sulfide) groups is 1. The van der Waals surface area contributed by atoms with Crippen molar-refractivity contribution < 1.29 is 9.18 Å². The fourth-order valence-electron chi connectivity index (χ4n) is 2.96. The van der Waals surface area contributed by atoms with E-state index in [2.05, 4.69) is 27.1 Å². The number of Topliss-reactive ketones (excluding diaryl/α,β-unsaturated/α-hetero) is 1. The highest BCUT2D eigenvalue weighted by atomic mass is 32.2. The molecule has 0 saturated carbocycles. The Morgan fingerprint density at radius 3 is 2.65 bits per heavy atom. The van der Waals surface area contributed by atoms with Crippen LogP contribution in [0.2, 0.25) is 0 Å². The van der Waals surface area contributed by atoms with Crippen molar-refractivity contribution in [1.29, 1.82) is 0 Å². The van der Waals surface area contributed by atoms with Gasteiger partial charge in [0.25, 0.3) is 0 Å². The predicted molar refractivity (Wildman–Crippen MR) is 103 cm³/mol. The zero-order valence-corrected chi connectivity index (χ0v) is 15.8. The molecule has 5 nitrogen and oxygen atoms in total. The molecule has 136 valence electrons. The Morgan fingerprint density at radius 1 is 1.27 bits per heavy atom. The van der Waals surface area contributed by atoms with Crippen LogP contribution in [0, 0.1) is 5.95 Å². The van der Waals surface area contributed by atoms with Crippen LogP contribution in [0.3, 0.4) is 0 Å². The van der Waals surface area contributed by atoms with E-state index in [4.69, 9.17) is 0 Å². The molecule has 0 radical (unpaired) electrons. The van der Waals surface area contributed by atoms with Gasteiger partial charge in [0.15, 0.2) is 5.78 Å². The van der Waals surface area contributed by atoms with Crippen molar-refractivity contribution in [3.63, 3.8) is 0 Å². The molecule has 0 aromatic carbocycles. The Bertz CT molecular complexity index is 820. The lowest BCUT2D eigenvalue weighted by Crippen LogP contribution is -2.33.